The smallest absolute Gasteiger partial charge is 0.303 e. The molecule has 0 unspecified atom stereocenters. The molecule has 0 aliphatic rings. The quantitative estimate of drug-likeness (QED) is 0.833. The van der Waals surface area contributed by atoms with Gasteiger partial charge in [-0.1, -0.05) is 26.0 Å². The molecular weight excluding hydrogens is 228 g/mol. The van der Waals surface area contributed by atoms with E-state index < -0.39 is 5.60 Å². The molecule has 0 aliphatic heterocycles. The van der Waals surface area contributed by atoms with Crippen molar-refractivity contribution in [3.8, 4) is 5.75 Å². The second-order valence-corrected chi connectivity index (χ2v) is 5.58. The van der Waals surface area contributed by atoms with Gasteiger partial charge in [0, 0.05) is 13.3 Å². The number of benzene rings is 1. The second-order valence-electron chi connectivity index (χ2n) is 5.58. The molecule has 1 rings (SSSR count). The van der Waals surface area contributed by atoms with Gasteiger partial charge >= 0.3 is 5.97 Å². The van der Waals surface area contributed by atoms with Gasteiger partial charge in [0.25, 0.3) is 0 Å². The summed E-state index contributed by atoms with van der Waals surface area (Å²) < 4.78 is 5.27. The molecule has 0 saturated heterocycles. The fourth-order valence-electron chi connectivity index (χ4n) is 2.09. The van der Waals surface area contributed by atoms with Crippen molar-refractivity contribution in [2.24, 2.45) is 0 Å². The Bertz CT molecular complexity index is 433. The van der Waals surface area contributed by atoms with E-state index in [1.807, 2.05) is 39.8 Å². The van der Waals surface area contributed by atoms with Gasteiger partial charge in [-0.15, -0.1) is 0 Å². The number of aromatic hydroxyl groups is 1. The summed E-state index contributed by atoms with van der Waals surface area (Å²) in [6.07, 6.45) is 0.632. The summed E-state index contributed by atoms with van der Waals surface area (Å²) in [4.78, 5) is 11.0. The Kier molecular flexibility index (Phi) is 4.38. The highest BCUT2D eigenvalue weighted by Crippen LogP contribution is 2.28. The van der Waals surface area contributed by atoms with Gasteiger partial charge in [-0.3, -0.25) is 4.79 Å². The molecule has 0 amide bonds. The molecule has 1 aromatic rings. The predicted molar refractivity (Wildman–Crippen MR) is 71.7 cm³/mol. The van der Waals surface area contributed by atoms with Crippen molar-refractivity contribution in [1.82, 2.24) is 0 Å². The van der Waals surface area contributed by atoms with E-state index in [4.69, 9.17) is 4.74 Å². The molecule has 100 valence electrons. The predicted octanol–water partition coefficient (Wildman–Crippen LogP) is 3.40. The van der Waals surface area contributed by atoms with Crippen LogP contribution < -0.4 is 0 Å². The SMILES string of the molecule is CC(=O)OC(C)(C)Cc1ccc(O)c(C(C)C)c1. The van der Waals surface area contributed by atoms with Crippen LogP contribution in [0.2, 0.25) is 0 Å². The Labute approximate surface area is 109 Å². The molecule has 3 nitrogen and oxygen atoms in total. The maximum atomic E-state index is 11.0. The highest BCUT2D eigenvalue weighted by atomic mass is 16.6. The topological polar surface area (TPSA) is 46.5 Å². The minimum atomic E-state index is -0.531. The zero-order chi connectivity index (χ0) is 13.9. The van der Waals surface area contributed by atoms with Crippen molar-refractivity contribution in [3.63, 3.8) is 0 Å². The van der Waals surface area contributed by atoms with Crippen LogP contribution in [0.3, 0.4) is 0 Å². The second kappa shape index (κ2) is 5.42. The highest BCUT2D eigenvalue weighted by Gasteiger charge is 2.22. The Morgan fingerprint density at radius 3 is 2.50 bits per heavy atom. The maximum Gasteiger partial charge on any atom is 0.303 e. The molecule has 0 atom stereocenters. The lowest BCUT2D eigenvalue weighted by Gasteiger charge is -2.25. The molecule has 0 bridgehead atoms. The Hall–Kier alpha value is -1.51. The fourth-order valence-corrected chi connectivity index (χ4v) is 2.09. The summed E-state index contributed by atoms with van der Waals surface area (Å²) in [6.45, 7) is 9.26. The molecule has 0 radical (unpaired) electrons. The van der Waals surface area contributed by atoms with Crippen molar-refractivity contribution >= 4 is 5.97 Å². The van der Waals surface area contributed by atoms with Gasteiger partial charge in [0.05, 0.1) is 0 Å². The zero-order valence-corrected chi connectivity index (χ0v) is 11.8. The standard InChI is InChI=1S/C15H22O3/c1-10(2)13-8-12(6-7-14(13)17)9-15(4,5)18-11(3)16/h6-8,10,17H,9H2,1-5H3. The summed E-state index contributed by atoms with van der Waals surface area (Å²) in [7, 11) is 0. The Morgan fingerprint density at radius 1 is 1.39 bits per heavy atom. The first-order valence-electron chi connectivity index (χ1n) is 6.22. The normalized spacial score (nSPS) is 11.7. The van der Waals surface area contributed by atoms with E-state index in [1.165, 1.54) is 6.92 Å². The van der Waals surface area contributed by atoms with Crippen molar-refractivity contribution < 1.29 is 14.6 Å². The lowest BCUT2D eigenvalue weighted by molar-refractivity contribution is -0.153. The molecule has 0 saturated carbocycles. The van der Waals surface area contributed by atoms with Crippen molar-refractivity contribution in [3.05, 3.63) is 29.3 Å². The van der Waals surface area contributed by atoms with Crippen LogP contribution in [0.4, 0.5) is 0 Å². The number of carbonyl (C=O) groups excluding carboxylic acids is 1. The third kappa shape index (κ3) is 4.06. The number of ether oxygens (including phenoxy) is 1. The van der Waals surface area contributed by atoms with E-state index in [1.54, 1.807) is 6.07 Å². The Balaban J connectivity index is 2.91. The van der Waals surface area contributed by atoms with Crippen LogP contribution in [0.5, 0.6) is 5.75 Å². The van der Waals surface area contributed by atoms with Gasteiger partial charge in [-0.25, -0.2) is 0 Å². The molecule has 18 heavy (non-hydrogen) atoms. The molecule has 0 fully saturated rings. The summed E-state index contributed by atoms with van der Waals surface area (Å²) in [6, 6.07) is 5.55. The molecule has 1 aromatic carbocycles. The average Bonchev–Trinajstić information content (AvgIpc) is 2.18. The number of rotatable bonds is 4. The first kappa shape index (κ1) is 14.6. The monoisotopic (exact) mass is 250 g/mol. The van der Waals surface area contributed by atoms with E-state index in [2.05, 4.69) is 0 Å². The molecule has 3 heteroatoms. The van der Waals surface area contributed by atoms with Gasteiger partial charge in [0.2, 0.25) is 0 Å². The molecular formula is C15H22O3. The van der Waals surface area contributed by atoms with Gasteiger partial charge in [-0.2, -0.15) is 0 Å². The number of phenols is 1. The van der Waals surface area contributed by atoms with Gasteiger partial charge in [0.15, 0.2) is 0 Å². The van der Waals surface area contributed by atoms with E-state index in [-0.39, 0.29) is 11.9 Å². The van der Waals surface area contributed by atoms with Crippen LogP contribution in [0.15, 0.2) is 18.2 Å². The number of hydrogen-bond donors (Lipinski definition) is 1. The summed E-state index contributed by atoms with van der Waals surface area (Å²) in [5.41, 5.74) is 1.45. The number of esters is 1. The molecule has 0 aliphatic carbocycles. The van der Waals surface area contributed by atoms with Gasteiger partial charge in [-0.05, 0) is 37.0 Å². The van der Waals surface area contributed by atoms with Gasteiger partial charge in [0.1, 0.15) is 11.4 Å². The van der Waals surface area contributed by atoms with Gasteiger partial charge < -0.3 is 9.84 Å². The van der Waals surface area contributed by atoms with Crippen LogP contribution in [0, 0.1) is 0 Å². The number of phenolic OH excluding ortho intramolecular Hbond substituents is 1. The van der Waals surface area contributed by atoms with E-state index >= 15 is 0 Å². The van der Waals surface area contributed by atoms with E-state index in [0.717, 1.165) is 11.1 Å². The lowest BCUT2D eigenvalue weighted by atomic mass is 9.93. The van der Waals surface area contributed by atoms with E-state index in [0.29, 0.717) is 12.2 Å². The third-order valence-electron chi connectivity index (χ3n) is 2.76. The van der Waals surface area contributed by atoms with Crippen LogP contribution in [-0.4, -0.2) is 16.7 Å². The molecule has 1 N–H and O–H groups in total. The molecule has 0 heterocycles. The summed E-state index contributed by atoms with van der Waals surface area (Å²) in [5, 5.41) is 9.76. The fraction of sp³-hybridized carbons (Fsp3) is 0.533. The molecule has 0 aromatic heterocycles. The van der Waals surface area contributed by atoms with Crippen molar-refractivity contribution in [2.45, 2.75) is 52.6 Å². The first-order valence-corrected chi connectivity index (χ1v) is 6.22. The first-order chi connectivity index (χ1) is 8.21. The minimum absolute atomic E-state index is 0.266. The van der Waals surface area contributed by atoms with Crippen molar-refractivity contribution in [1.29, 1.82) is 0 Å². The number of carbonyl (C=O) groups is 1. The number of hydrogen-bond acceptors (Lipinski definition) is 3. The zero-order valence-electron chi connectivity index (χ0n) is 11.8. The maximum absolute atomic E-state index is 11.0. The highest BCUT2D eigenvalue weighted by molar-refractivity contribution is 5.66. The molecule has 0 spiro atoms. The van der Waals surface area contributed by atoms with Crippen LogP contribution in [0.1, 0.15) is 51.7 Å². The van der Waals surface area contributed by atoms with Crippen molar-refractivity contribution in [2.75, 3.05) is 0 Å². The largest absolute Gasteiger partial charge is 0.508 e. The third-order valence-corrected chi connectivity index (χ3v) is 2.76. The summed E-state index contributed by atoms with van der Waals surface area (Å²) in [5.74, 6) is 0.309. The average molecular weight is 250 g/mol. The van der Waals surface area contributed by atoms with Crippen LogP contribution >= 0.6 is 0 Å². The summed E-state index contributed by atoms with van der Waals surface area (Å²) >= 11 is 0. The van der Waals surface area contributed by atoms with Crippen LogP contribution in [-0.2, 0) is 16.0 Å². The van der Waals surface area contributed by atoms with Crippen LogP contribution in [0.25, 0.3) is 0 Å². The lowest BCUT2D eigenvalue weighted by Crippen LogP contribution is -2.29. The minimum Gasteiger partial charge on any atom is -0.508 e. The van der Waals surface area contributed by atoms with E-state index in [9.17, 15) is 9.90 Å². The Morgan fingerprint density at radius 2 is 2.00 bits per heavy atom.